The third-order valence-corrected chi connectivity index (χ3v) is 18.1. The molecular weight excluding hydrogens is 947 g/mol. The van der Waals surface area contributed by atoms with Gasteiger partial charge in [0.05, 0.1) is 33.5 Å². The lowest BCUT2D eigenvalue weighted by Crippen LogP contribution is -2.53. The number of imide groups is 1. The number of anilines is 5. The Morgan fingerprint density at radius 3 is 2.46 bits per heavy atom. The summed E-state index contributed by atoms with van der Waals surface area (Å²) in [6.45, 7) is 13.5. The van der Waals surface area contributed by atoms with Crippen LogP contribution < -0.4 is 36.6 Å². The molecule has 4 aliphatic heterocycles. The first kappa shape index (κ1) is 46.1. The van der Waals surface area contributed by atoms with E-state index in [2.05, 4.69) is 76.7 Å². The maximum absolute atomic E-state index is 14.5. The molecule has 0 spiro atoms. The Balaban J connectivity index is 0.752. The van der Waals surface area contributed by atoms with Gasteiger partial charge < -0.3 is 34.2 Å². The quantitative estimate of drug-likeness (QED) is 0.0754. The van der Waals surface area contributed by atoms with Crippen LogP contribution in [0.4, 0.5) is 28.8 Å². The van der Waals surface area contributed by atoms with Crippen LogP contribution in [0, 0.1) is 13.8 Å². The Morgan fingerprint density at radius 2 is 1.69 bits per heavy atom. The Morgan fingerprint density at radius 1 is 0.897 bits per heavy atom. The summed E-state index contributed by atoms with van der Waals surface area (Å²) in [4.78, 5) is 58.9. The van der Waals surface area contributed by atoms with Crippen molar-refractivity contribution in [2.24, 2.45) is 0 Å². The van der Waals surface area contributed by atoms with Gasteiger partial charge in [-0.25, -0.2) is 9.78 Å². The molecule has 0 radical (unpaired) electrons. The van der Waals surface area contributed by atoms with E-state index in [1.165, 1.54) is 10.3 Å². The molecule has 18 heteroatoms. The van der Waals surface area contributed by atoms with E-state index in [9.17, 15) is 18.9 Å². The summed E-state index contributed by atoms with van der Waals surface area (Å²) in [5.41, 5.74) is 7.75. The number of rotatable bonds is 13. The Bertz CT molecular complexity index is 3010. The summed E-state index contributed by atoms with van der Waals surface area (Å²) in [6, 6.07) is 17.8. The van der Waals surface area contributed by atoms with Gasteiger partial charge in [-0.05, 0) is 123 Å². The number of aromatic nitrogens is 4. The van der Waals surface area contributed by atoms with Gasteiger partial charge in [-0.15, -0.1) is 0 Å². The summed E-state index contributed by atoms with van der Waals surface area (Å²) in [5.74, 6) is 0.346. The van der Waals surface area contributed by atoms with Gasteiger partial charge in [0, 0.05) is 105 Å². The van der Waals surface area contributed by atoms with E-state index in [0.29, 0.717) is 52.3 Å². The number of oxazole rings is 1. The average molecular weight is 1010 g/mol. The first-order valence-corrected chi connectivity index (χ1v) is 26.8. The topological polar surface area (TPSA) is 180 Å². The number of nitrogens with one attached hydrogen (secondary N) is 3. The largest absolute Gasteiger partial charge is 0.492 e. The van der Waals surface area contributed by atoms with E-state index >= 15 is 0 Å². The van der Waals surface area contributed by atoms with Gasteiger partial charge >= 0.3 is 5.76 Å². The third kappa shape index (κ3) is 9.42. The smallest absolute Gasteiger partial charge is 0.420 e. The number of ether oxygens (including phenoxy) is 1. The Hall–Kier alpha value is -5.61. The highest BCUT2D eigenvalue weighted by atomic mass is 79.9. The molecule has 68 heavy (non-hydrogen) atoms. The predicted octanol–water partition coefficient (Wildman–Crippen LogP) is 7.79. The molecule has 1 unspecified atom stereocenters. The fourth-order valence-corrected chi connectivity index (χ4v) is 14.3. The zero-order chi connectivity index (χ0) is 47.1. The summed E-state index contributed by atoms with van der Waals surface area (Å²) >= 11 is 3.67. The molecule has 1 atom stereocenters. The SMILES string of the molecule is CCOc1cc(N2CCC(N3CCN(CCc4ccc5c(c4)oc(=O)n5C4CCC(=O)NC4=O)CC3)CC2)c(C)cc1Nc1ncc(Br)c(Nc2ccc3nc(C)ccc3c2P2(=O)CCCC2)n1. The highest BCUT2D eigenvalue weighted by Gasteiger charge is 2.35. The molecule has 7 heterocycles. The molecule has 3 aromatic carbocycles. The molecule has 4 fully saturated rings. The van der Waals surface area contributed by atoms with Crippen molar-refractivity contribution in [3.05, 3.63) is 92.6 Å². The number of piperazine rings is 1. The van der Waals surface area contributed by atoms with E-state index in [-0.39, 0.29) is 18.7 Å². The number of carbonyl (C=O) groups is 2. The lowest BCUT2D eigenvalue weighted by atomic mass is 10.00. The highest BCUT2D eigenvalue weighted by Crippen LogP contribution is 2.54. The van der Waals surface area contributed by atoms with Crippen molar-refractivity contribution in [3.63, 3.8) is 0 Å². The summed E-state index contributed by atoms with van der Waals surface area (Å²) in [6.07, 6.45) is 8.49. The van der Waals surface area contributed by atoms with Crippen molar-refractivity contribution < 1.29 is 23.3 Å². The molecule has 6 aromatic rings. The molecule has 2 amide bonds. The van der Waals surface area contributed by atoms with Crippen LogP contribution in [0.3, 0.4) is 0 Å². The minimum Gasteiger partial charge on any atom is -0.492 e. The van der Waals surface area contributed by atoms with Gasteiger partial charge in [0.15, 0.2) is 5.58 Å². The number of hydrogen-bond acceptors (Lipinski definition) is 14. The first-order valence-electron chi connectivity index (χ1n) is 23.9. The van der Waals surface area contributed by atoms with E-state index in [1.807, 2.05) is 50.2 Å². The van der Waals surface area contributed by atoms with Crippen LogP contribution in [0.25, 0.3) is 22.0 Å². The molecule has 16 nitrogen and oxygen atoms in total. The highest BCUT2D eigenvalue weighted by molar-refractivity contribution is 9.10. The van der Waals surface area contributed by atoms with Crippen LogP contribution in [0.1, 0.15) is 68.3 Å². The van der Waals surface area contributed by atoms with Crippen molar-refractivity contribution in [2.45, 2.75) is 77.8 Å². The number of nitrogens with zero attached hydrogens (tertiary/aromatic N) is 7. The van der Waals surface area contributed by atoms with Gasteiger partial charge in [-0.1, -0.05) is 12.1 Å². The van der Waals surface area contributed by atoms with Gasteiger partial charge in [0.1, 0.15) is 24.8 Å². The minimum absolute atomic E-state index is 0.191. The number of carbonyl (C=O) groups excluding carboxylic acids is 2. The number of pyridine rings is 1. The van der Waals surface area contributed by atoms with Crippen LogP contribution >= 0.6 is 23.1 Å². The van der Waals surface area contributed by atoms with E-state index < -0.39 is 24.8 Å². The maximum atomic E-state index is 14.5. The van der Waals surface area contributed by atoms with Crippen molar-refractivity contribution in [3.8, 4) is 5.75 Å². The molecule has 356 valence electrons. The summed E-state index contributed by atoms with van der Waals surface area (Å²) in [5, 5.41) is 11.1. The second-order valence-corrected chi connectivity index (χ2v) is 22.6. The fraction of sp³-hybridized carbons (Fsp3) is 0.440. The van der Waals surface area contributed by atoms with Gasteiger partial charge in [-0.3, -0.25) is 29.4 Å². The van der Waals surface area contributed by atoms with E-state index in [4.69, 9.17) is 19.1 Å². The van der Waals surface area contributed by atoms with Crippen LogP contribution in [-0.4, -0.2) is 112 Å². The fourth-order valence-electron chi connectivity index (χ4n) is 10.6. The Labute approximate surface area is 403 Å². The second-order valence-electron chi connectivity index (χ2n) is 18.6. The molecule has 0 aliphatic carbocycles. The van der Waals surface area contributed by atoms with Crippen molar-refractivity contribution in [1.82, 2.24) is 34.6 Å². The monoisotopic (exact) mass is 1000 g/mol. The minimum atomic E-state index is -2.63. The van der Waals surface area contributed by atoms with Crippen molar-refractivity contribution >= 4 is 91.0 Å². The zero-order valence-electron chi connectivity index (χ0n) is 38.9. The van der Waals surface area contributed by atoms with Crippen molar-refractivity contribution in [1.29, 1.82) is 0 Å². The summed E-state index contributed by atoms with van der Waals surface area (Å²) < 4.78 is 28.3. The van der Waals surface area contributed by atoms with E-state index in [1.54, 1.807) is 6.20 Å². The van der Waals surface area contributed by atoms with Crippen LogP contribution in [-0.2, 0) is 20.6 Å². The van der Waals surface area contributed by atoms with Crippen molar-refractivity contribution in [2.75, 3.05) is 80.3 Å². The molecule has 10 rings (SSSR count). The number of fused-ring (bicyclic) bond motifs is 2. The first-order chi connectivity index (χ1) is 32.9. The maximum Gasteiger partial charge on any atom is 0.420 e. The van der Waals surface area contributed by atoms with Gasteiger partial charge in [0.2, 0.25) is 17.8 Å². The van der Waals surface area contributed by atoms with Gasteiger partial charge in [0.25, 0.3) is 0 Å². The zero-order valence-corrected chi connectivity index (χ0v) is 41.3. The van der Waals surface area contributed by atoms with Crippen LogP contribution in [0.2, 0.25) is 0 Å². The van der Waals surface area contributed by atoms with E-state index in [0.717, 1.165) is 128 Å². The molecular formula is C50H58BrN10O6P. The summed E-state index contributed by atoms with van der Waals surface area (Å²) in [7, 11) is -2.63. The molecule has 4 saturated heterocycles. The molecule has 3 N–H and O–H groups in total. The third-order valence-electron chi connectivity index (χ3n) is 14.2. The average Bonchev–Trinajstić information content (AvgIpc) is 3.92. The number of amides is 2. The lowest BCUT2D eigenvalue weighted by Gasteiger charge is -2.43. The number of aryl methyl sites for hydroxylation is 2. The lowest BCUT2D eigenvalue weighted by molar-refractivity contribution is -0.135. The molecule has 4 aliphatic rings. The van der Waals surface area contributed by atoms with Crippen LogP contribution in [0.5, 0.6) is 5.75 Å². The molecule has 0 saturated carbocycles. The van der Waals surface area contributed by atoms with Gasteiger partial charge in [-0.2, -0.15) is 4.98 Å². The molecule has 0 bridgehead atoms. The number of piperidine rings is 2. The normalized spacial score (nSPS) is 19.5. The number of halogens is 1. The molecule has 3 aromatic heterocycles. The second kappa shape index (κ2) is 19.4. The number of hydrogen-bond donors (Lipinski definition) is 3. The number of benzene rings is 3. The Kier molecular flexibility index (Phi) is 13.2. The van der Waals surface area contributed by atoms with Crippen LogP contribution in [0.15, 0.2) is 74.5 Å². The standard InChI is InChI=1S/C50H58BrN10O6P/c1-4-66-43-29-42(31(2)27-39(43)55-49-52-30-36(51)47(57-49)54-38-11-10-37-35(9-7-32(3)53-37)46(38)68(65)25-5-6-26-68)60-19-16-34(17-20-60)59-23-21-58(22-24-59)18-15-33-8-12-40-44(28-33)67-50(64)61(40)41-13-14-45(62)56-48(41)63/h7-12,27-30,34,41H,4-6,13-26H2,1-3H3,(H,56,62,63)(H2,52,54,55,57). The predicted molar refractivity (Wildman–Crippen MR) is 270 cm³/mol.